The van der Waals surface area contributed by atoms with Crippen molar-refractivity contribution in [3.8, 4) is 0 Å². The highest BCUT2D eigenvalue weighted by Crippen LogP contribution is 2.31. The Morgan fingerprint density at radius 3 is 2.50 bits per heavy atom. The summed E-state index contributed by atoms with van der Waals surface area (Å²) in [5, 5.41) is 0. The predicted octanol–water partition coefficient (Wildman–Crippen LogP) is 3.34. The van der Waals surface area contributed by atoms with E-state index in [0.29, 0.717) is 12.1 Å². The lowest BCUT2D eigenvalue weighted by Gasteiger charge is -2.38. The van der Waals surface area contributed by atoms with Crippen molar-refractivity contribution in [2.24, 2.45) is 5.73 Å². The first-order valence-electron chi connectivity index (χ1n) is 6.56. The number of nitrogens with two attached hydrogens (primary N) is 1. The van der Waals surface area contributed by atoms with E-state index in [4.69, 9.17) is 5.73 Å². The third-order valence-electron chi connectivity index (χ3n) is 3.72. The smallest absolute Gasteiger partial charge is 0.146 e. The van der Waals surface area contributed by atoms with Gasteiger partial charge in [0.25, 0.3) is 0 Å². The predicted molar refractivity (Wildman–Crippen MR) is 76.5 cm³/mol. The van der Waals surface area contributed by atoms with Crippen molar-refractivity contribution < 1.29 is 4.39 Å². The van der Waals surface area contributed by atoms with Gasteiger partial charge in [-0.1, -0.05) is 19.1 Å². The highest BCUT2D eigenvalue weighted by Gasteiger charge is 2.25. The molecule has 0 aliphatic carbocycles. The maximum absolute atomic E-state index is 14.1. The largest absolute Gasteiger partial charge is 0.367 e. The third kappa shape index (κ3) is 3.22. The zero-order valence-corrected chi connectivity index (χ0v) is 12.1. The summed E-state index contributed by atoms with van der Waals surface area (Å²) in [4.78, 5) is 2.03. The Labute approximate surface area is 110 Å². The van der Waals surface area contributed by atoms with Crippen molar-refractivity contribution in [1.82, 2.24) is 0 Å². The second kappa shape index (κ2) is 5.70. The highest BCUT2D eigenvalue weighted by atomic mass is 19.1. The number of rotatable bonds is 5. The molecular formula is C15H25FN2. The molecule has 1 unspecified atom stereocenters. The molecule has 0 aliphatic heterocycles. The second-order valence-electron chi connectivity index (χ2n) is 5.65. The lowest BCUT2D eigenvalue weighted by Crippen LogP contribution is -2.41. The van der Waals surface area contributed by atoms with Gasteiger partial charge < -0.3 is 10.6 Å². The second-order valence-corrected chi connectivity index (χ2v) is 5.65. The van der Waals surface area contributed by atoms with Crippen molar-refractivity contribution in [2.45, 2.75) is 52.1 Å². The summed E-state index contributed by atoms with van der Waals surface area (Å²) in [6.07, 6.45) is 1.65. The van der Waals surface area contributed by atoms with Crippen LogP contribution in [0, 0.1) is 5.82 Å². The fourth-order valence-electron chi connectivity index (χ4n) is 1.99. The fraction of sp³-hybridized carbons (Fsp3) is 0.600. The van der Waals surface area contributed by atoms with Crippen molar-refractivity contribution >= 4 is 5.69 Å². The van der Waals surface area contributed by atoms with Gasteiger partial charge >= 0.3 is 0 Å². The first kappa shape index (κ1) is 15.0. The van der Waals surface area contributed by atoms with Gasteiger partial charge in [-0.05, 0) is 45.2 Å². The summed E-state index contributed by atoms with van der Waals surface area (Å²) < 4.78 is 14.1. The maximum Gasteiger partial charge on any atom is 0.146 e. The molecule has 0 aliphatic rings. The van der Waals surface area contributed by atoms with E-state index in [1.807, 2.05) is 24.9 Å². The molecule has 2 nitrogen and oxygen atoms in total. The van der Waals surface area contributed by atoms with Crippen LogP contribution in [0.25, 0.3) is 0 Å². The zero-order valence-electron chi connectivity index (χ0n) is 12.1. The summed E-state index contributed by atoms with van der Waals surface area (Å²) in [5.74, 6) is -0.169. The molecule has 0 amide bonds. The van der Waals surface area contributed by atoms with Gasteiger partial charge in [-0.2, -0.15) is 0 Å². The van der Waals surface area contributed by atoms with Crippen LogP contribution in [0.5, 0.6) is 0 Å². The molecule has 0 saturated heterocycles. The van der Waals surface area contributed by atoms with Crippen LogP contribution in [0.4, 0.5) is 10.1 Å². The summed E-state index contributed by atoms with van der Waals surface area (Å²) in [6.45, 7) is 8.30. The molecule has 0 aromatic heterocycles. The Morgan fingerprint density at radius 1 is 1.39 bits per heavy atom. The van der Waals surface area contributed by atoms with Crippen molar-refractivity contribution in [2.75, 3.05) is 11.9 Å². The van der Waals surface area contributed by atoms with Crippen molar-refractivity contribution in [3.05, 3.63) is 29.6 Å². The molecule has 3 heteroatoms. The quantitative estimate of drug-likeness (QED) is 0.871. The number of hydrogen-bond donors (Lipinski definition) is 1. The zero-order chi connectivity index (χ0) is 13.9. The molecule has 0 fully saturated rings. The van der Waals surface area contributed by atoms with Gasteiger partial charge in [0.05, 0.1) is 5.69 Å². The molecule has 1 aromatic carbocycles. The minimum atomic E-state index is -0.169. The highest BCUT2D eigenvalue weighted by molar-refractivity contribution is 5.56. The number of halogens is 1. The van der Waals surface area contributed by atoms with E-state index in [9.17, 15) is 4.39 Å². The number of para-hydroxylation sites is 1. The van der Waals surface area contributed by atoms with Crippen LogP contribution in [0.15, 0.2) is 18.2 Å². The topological polar surface area (TPSA) is 29.3 Å². The van der Waals surface area contributed by atoms with Crippen LogP contribution in [-0.4, -0.2) is 18.6 Å². The summed E-state index contributed by atoms with van der Waals surface area (Å²) in [7, 11) is 1.95. The van der Waals surface area contributed by atoms with Crippen LogP contribution in [-0.2, 0) is 6.42 Å². The van der Waals surface area contributed by atoms with Crippen LogP contribution < -0.4 is 10.6 Å². The summed E-state index contributed by atoms with van der Waals surface area (Å²) in [5.41, 5.74) is 7.43. The van der Waals surface area contributed by atoms with Gasteiger partial charge in [0.2, 0.25) is 0 Å². The normalized spacial score (nSPS) is 13.5. The minimum absolute atomic E-state index is 0.0312. The molecule has 0 radical (unpaired) electrons. The fourth-order valence-corrected chi connectivity index (χ4v) is 1.99. The molecule has 1 aromatic rings. The van der Waals surface area contributed by atoms with Crippen LogP contribution in [0.1, 0.15) is 39.7 Å². The van der Waals surface area contributed by atoms with E-state index in [1.54, 1.807) is 6.07 Å². The van der Waals surface area contributed by atoms with Crippen LogP contribution in [0.3, 0.4) is 0 Å². The molecule has 102 valence electrons. The van der Waals surface area contributed by atoms with Gasteiger partial charge in [-0.25, -0.2) is 4.39 Å². The van der Waals surface area contributed by atoms with E-state index < -0.39 is 0 Å². The van der Waals surface area contributed by atoms with E-state index in [-0.39, 0.29) is 17.4 Å². The minimum Gasteiger partial charge on any atom is -0.367 e. The van der Waals surface area contributed by atoms with E-state index in [0.717, 1.165) is 12.0 Å². The Hall–Kier alpha value is -1.09. The third-order valence-corrected chi connectivity index (χ3v) is 3.72. The Bertz CT molecular complexity index is 399. The van der Waals surface area contributed by atoms with Gasteiger partial charge in [0.15, 0.2) is 0 Å². The Kier molecular flexibility index (Phi) is 4.74. The number of anilines is 1. The Morgan fingerprint density at radius 2 is 2.00 bits per heavy atom. The SMILES string of the molecule is CCC(C)(C)N(C)c1c(F)cccc1CC(C)N. The summed E-state index contributed by atoms with van der Waals surface area (Å²) >= 11 is 0. The maximum atomic E-state index is 14.1. The van der Waals surface area contributed by atoms with Crippen LogP contribution >= 0.6 is 0 Å². The molecule has 2 N–H and O–H groups in total. The molecule has 0 spiro atoms. The van der Waals surface area contributed by atoms with E-state index in [1.165, 1.54) is 6.07 Å². The first-order valence-corrected chi connectivity index (χ1v) is 6.56. The van der Waals surface area contributed by atoms with Gasteiger partial charge in [-0.15, -0.1) is 0 Å². The number of nitrogens with zero attached hydrogens (tertiary/aromatic N) is 1. The van der Waals surface area contributed by atoms with Crippen molar-refractivity contribution in [1.29, 1.82) is 0 Å². The van der Waals surface area contributed by atoms with Gasteiger partial charge in [0, 0.05) is 18.6 Å². The van der Waals surface area contributed by atoms with Crippen LogP contribution in [0.2, 0.25) is 0 Å². The van der Waals surface area contributed by atoms with Gasteiger partial charge in [-0.3, -0.25) is 0 Å². The molecule has 18 heavy (non-hydrogen) atoms. The molecule has 0 heterocycles. The number of hydrogen-bond acceptors (Lipinski definition) is 2. The molecule has 1 atom stereocenters. The lowest BCUT2D eigenvalue weighted by atomic mass is 9.96. The van der Waals surface area contributed by atoms with E-state index >= 15 is 0 Å². The standard InChI is InChI=1S/C15H25FN2/c1-6-15(3,4)18(5)14-12(10-11(2)17)8-7-9-13(14)16/h7-9,11H,6,10,17H2,1-5H3. The van der Waals surface area contributed by atoms with Crippen molar-refractivity contribution in [3.63, 3.8) is 0 Å². The lowest BCUT2D eigenvalue weighted by molar-refractivity contribution is 0.460. The molecular weight excluding hydrogens is 227 g/mol. The average molecular weight is 252 g/mol. The Balaban J connectivity index is 3.21. The van der Waals surface area contributed by atoms with E-state index in [2.05, 4.69) is 20.8 Å². The first-order chi connectivity index (χ1) is 8.29. The summed E-state index contributed by atoms with van der Waals surface area (Å²) in [6, 6.07) is 5.26. The molecule has 1 rings (SSSR count). The van der Waals surface area contributed by atoms with Gasteiger partial charge in [0.1, 0.15) is 5.82 Å². The molecule has 0 saturated carbocycles. The number of benzene rings is 1. The average Bonchev–Trinajstić information content (AvgIpc) is 2.27. The molecule has 0 bridgehead atoms. The monoisotopic (exact) mass is 252 g/mol.